The van der Waals surface area contributed by atoms with Crippen LogP contribution in [0.15, 0.2) is 24.3 Å². The number of ether oxygens (including phenoxy) is 2. The van der Waals surface area contributed by atoms with Gasteiger partial charge in [-0.05, 0) is 25.8 Å². The Morgan fingerprint density at radius 2 is 2.28 bits per heavy atom. The predicted octanol–water partition coefficient (Wildman–Crippen LogP) is 2.51. The highest BCUT2D eigenvalue weighted by Gasteiger charge is 2.19. The lowest BCUT2D eigenvalue weighted by Crippen LogP contribution is -2.15. The van der Waals surface area contributed by atoms with E-state index < -0.39 is 0 Å². The lowest BCUT2D eigenvalue weighted by atomic mass is 10.0. The Hall–Kier alpha value is -1.55. The Morgan fingerprint density at radius 3 is 3.11 bits per heavy atom. The molecule has 0 radical (unpaired) electrons. The molecule has 1 aliphatic rings. The van der Waals surface area contributed by atoms with Crippen molar-refractivity contribution in [2.45, 2.75) is 25.9 Å². The van der Waals surface area contributed by atoms with E-state index in [2.05, 4.69) is 5.32 Å². The number of anilines is 1. The second-order valence-corrected chi connectivity index (χ2v) is 4.26. The van der Waals surface area contributed by atoms with E-state index in [0.717, 1.165) is 30.6 Å². The molecule has 0 saturated heterocycles. The van der Waals surface area contributed by atoms with Crippen molar-refractivity contribution in [2.75, 3.05) is 25.1 Å². The highest BCUT2D eigenvalue weighted by molar-refractivity contribution is 5.70. The first-order valence-electron chi connectivity index (χ1n) is 6.41. The number of fused-ring (bicyclic) bond motifs is 1. The van der Waals surface area contributed by atoms with E-state index in [1.807, 2.05) is 24.3 Å². The Kier molecular flexibility index (Phi) is 4.59. The monoisotopic (exact) mass is 249 g/mol. The zero-order chi connectivity index (χ0) is 12.8. The first-order chi connectivity index (χ1) is 8.81. The van der Waals surface area contributed by atoms with Gasteiger partial charge in [0.1, 0.15) is 6.61 Å². The molecule has 0 saturated carbocycles. The summed E-state index contributed by atoms with van der Waals surface area (Å²) < 4.78 is 10.6. The molecule has 4 heteroatoms. The van der Waals surface area contributed by atoms with E-state index >= 15 is 0 Å². The number of esters is 1. The number of nitrogens with one attached hydrogen (secondary N) is 1. The Labute approximate surface area is 107 Å². The van der Waals surface area contributed by atoms with Gasteiger partial charge in [-0.3, -0.25) is 0 Å². The average molecular weight is 249 g/mol. The molecule has 0 spiro atoms. The molecule has 0 aliphatic carbocycles. The molecule has 2 rings (SSSR count). The molecule has 98 valence electrons. The minimum atomic E-state index is -0.299. The van der Waals surface area contributed by atoms with Crippen LogP contribution < -0.4 is 5.32 Å². The topological polar surface area (TPSA) is 47.6 Å². The van der Waals surface area contributed by atoms with Crippen LogP contribution in [0.3, 0.4) is 0 Å². The molecule has 1 heterocycles. The lowest BCUT2D eigenvalue weighted by molar-refractivity contribution is -0.150. The fourth-order valence-electron chi connectivity index (χ4n) is 2.15. The predicted molar refractivity (Wildman–Crippen MR) is 69.5 cm³/mol. The van der Waals surface area contributed by atoms with E-state index in [4.69, 9.17) is 9.47 Å². The molecule has 1 unspecified atom stereocenters. The van der Waals surface area contributed by atoms with Crippen LogP contribution in [0.4, 0.5) is 5.69 Å². The summed E-state index contributed by atoms with van der Waals surface area (Å²) in [7, 11) is 0. The molecule has 1 aromatic carbocycles. The van der Waals surface area contributed by atoms with E-state index in [9.17, 15) is 4.79 Å². The molecule has 0 amide bonds. The van der Waals surface area contributed by atoms with Gasteiger partial charge in [-0.2, -0.15) is 0 Å². The van der Waals surface area contributed by atoms with Crippen LogP contribution in [0.25, 0.3) is 0 Å². The second kappa shape index (κ2) is 6.40. The van der Waals surface area contributed by atoms with Gasteiger partial charge >= 0.3 is 5.97 Å². The van der Waals surface area contributed by atoms with Crippen LogP contribution in [0, 0.1) is 0 Å². The van der Waals surface area contributed by atoms with Gasteiger partial charge in [0.05, 0.1) is 12.7 Å². The van der Waals surface area contributed by atoms with Crippen LogP contribution >= 0.6 is 0 Å². The van der Waals surface area contributed by atoms with Crippen molar-refractivity contribution in [1.29, 1.82) is 0 Å². The molecule has 0 aromatic heterocycles. The van der Waals surface area contributed by atoms with E-state index in [1.54, 1.807) is 6.92 Å². The van der Waals surface area contributed by atoms with E-state index in [-0.39, 0.29) is 18.7 Å². The average Bonchev–Trinajstić information content (AvgIpc) is 2.59. The van der Waals surface area contributed by atoms with Gasteiger partial charge in [0, 0.05) is 17.8 Å². The lowest BCUT2D eigenvalue weighted by Gasteiger charge is -2.17. The van der Waals surface area contributed by atoms with Crippen molar-refractivity contribution < 1.29 is 14.3 Å². The third kappa shape index (κ3) is 3.23. The summed E-state index contributed by atoms with van der Waals surface area (Å²) >= 11 is 0. The maximum atomic E-state index is 11.3. The van der Waals surface area contributed by atoms with Gasteiger partial charge in [-0.1, -0.05) is 18.2 Å². The maximum absolute atomic E-state index is 11.3. The highest BCUT2D eigenvalue weighted by Crippen LogP contribution is 2.31. The van der Waals surface area contributed by atoms with Crippen molar-refractivity contribution in [3.05, 3.63) is 29.8 Å². The van der Waals surface area contributed by atoms with Crippen LogP contribution in [0.5, 0.6) is 0 Å². The summed E-state index contributed by atoms with van der Waals surface area (Å²) in [5.74, 6) is -0.299. The molecule has 1 aromatic rings. The zero-order valence-electron chi connectivity index (χ0n) is 10.6. The van der Waals surface area contributed by atoms with Crippen LogP contribution in [0.1, 0.15) is 31.4 Å². The molecule has 0 bridgehead atoms. The normalized spacial score (nSPS) is 18.4. The quantitative estimate of drug-likeness (QED) is 0.833. The van der Waals surface area contributed by atoms with E-state index in [0.29, 0.717) is 6.61 Å². The van der Waals surface area contributed by atoms with Gasteiger partial charge in [0.25, 0.3) is 0 Å². The van der Waals surface area contributed by atoms with Gasteiger partial charge in [0.15, 0.2) is 0 Å². The number of benzene rings is 1. The summed E-state index contributed by atoms with van der Waals surface area (Å²) in [6, 6.07) is 8.08. The second-order valence-electron chi connectivity index (χ2n) is 4.26. The Morgan fingerprint density at radius 1 is 1.44 bits per heavy atom. The highest BCUT2D eigenvalue weighted by atomic mass is 16.6. The minimum Gasteiger partial charge on any atom is -0.464 e. The smallest absolute Gasteiger partial charge is 0.332 e. The van der Waals surface area contributed by atoms with Gasteiger partial charge in [0.2, 0.25) is 0 Å². The first-order valence-corrected chi connectivity index (χ1v) is 6.41. The van der Waals surface area contributed by atoms with Crippen molar-refractivity contribution >= 4 is 11.7 Å². The summed E-state index contributed by atoms with van der Waals surface area (Å²) in [4.78, 5) is 11.3. The van der Waals surface area contributed by atoms with Crippen LogP contribution in [-0.2, 0) is 14.3 Å². The Balaban J connectivity index is 2.02. The summed E-state index contributed by atoms with van der Waals surface area (Å²) in [6.07, 6.45) is 1.92. The number of carbonyl (C=O) groups excluding carboxylic acids is 1. The first kappa shape index (κ1) is 12.9. The summed E-state index contributed by atoms with van der Waals surface area (Å²) in [5.41, 5.74) is 2.23. The number of rotatable bonds is 4. The van der Waals surface area contributed by atoms with Crippen molar-refractivity contribution in [3.8, 4) is 0 Å². The maximum Gasteiger partial charge on any atom is 0.332 e. The number of hydrogen-bond acceptors (Lipinski definition) is 4. The van der Waals surface area contributed by atoms with Crippen molar-refractivity contribution in [2.24, 2.45) is 0 Å². The molecule has 0 fully saturated rings. The summed E-state index contributed by atoms with van der Waals surface area (Å²) in [5, 5.41) is 3.37. The SMILES string of the molecule is CCOC(=O)COC1CCCNc2ccccc21. The summed E-state index contributed by atoms with van der Waals surface area (Å²) in [6.45, 7) is 3.15. The standard InChI is InChI=1S/C14H19NO3/c1-2-17-14(16)10-18-13-8-5-9-15-12-7-4-3-6-11(12)13/h3-4,6-7,13,15H,2,5,8-10H2,1H3. The van der Waals surface area contributed by atoms with Crippen LogP contribution in [0.2, 0.25) is 0 Å². The third-order valence-electron chi connectivity index (χ3n) is 2.97. The number of hydrogen-bond donors (Lipinski definition) is 1. The van der Waals surface area contributed by atoms with Crippen LogP contribution in [-0.4, -0.2) is 25.7 Å². The molecule has 4 nitrogen and oxygen atoms in total. The third-order valence-corrected chi connectivity index (χ3v) is 2.97. The van der Waals surface area contributed by atoms with Gasteiger partial charge < -0.3 is 14.8 Å². The fraction of sp³-hybridized carbons (Fsp3) is 0.500. The van der Waals surface area contributed by atoms with E-state index in [1.165, 1.54) is 0 Å². The Bertz CT molecular complexity index is 406. The molecule has 18 heavy (non-hydrogen) atoms. The van der Waals surface area contributed by atoms with Crippen molar-refractivity contribution in [1.82, 2.24) is 0 Å². The molecule has 1 N–H and O–H groups in total. The van der Waals surface area contributed by atoms with Gasteiger partial charge in [-0.15, -0.1) is 0 Å². The molecular formula is C14H19NO3. The van der Waals surface area contributed by atoms with Crippen molar-refractivity contribution in [3.63, 3.8) is 0 Å². The molecule has 1 aliphatic heterocycles. The fourth-order valence-corrected chi connectivity index (χ4v) is 2.15. The molecular weight excluding hydrogens is 230 g/mol. The van der Waals surface area contributed by atoms with Gasteiger partial charge in [-0.25, -0.2) is 4.79 Å². The number of para-hydroxylation sites is 1. The molecule has 1 atom stereocenters. The number of carbonyl (C=O) groups is 1. The largest absolute Gasteiger partial charge is 0.464 e. The minimum absolute atomic E-state index is 0.0207. The zero-order valence-corrected chi connectivity index (χ0v) is 10.6.